The summed E-state index contributed by atoms with van der Waals surface area (Å²) in [6.07, 6.45) is 0. The van der Waals surface area contributed by atoms with Gasteiger partial charge in [-0.05, 0) is 54.1 Å². The molecule has 3 aromatic rings. The van der Waals surface area contributed by atoms with Crippen LogP contribution in [0.15, 0.2) is 88.7 Å². The molecule has 29 heavy (non-hydrogen) atoms. The Labute approximate surface area is 177 Å². The number of rotatable bonds is 4. The Balaban J connectivity index is 1.80. The number of imide groups is 1. The lowest BCUT2D eigenvalue weighted by Gasteiger charge is -2.15. The molecule has 140 valence electrons. The second-order valence-electron chi connectivity index (χ2n) is 6.23. The van der Waals surface area contributed by atoms with Crippen molar-refractivity contribution >= 4 is 46.4 Å². The fraction of sp³-hybridized carbons (Fsp3) is 0. The normalized spacial score (nSPS) is 13.7. The summed E-state index contributed by atoms with van der Waals surface area (Å²) in [5.41, 5.74) is 1.85. The van der Waals surface area contributed by atoms with Crippen LogP contribution < -0.4 is 4.90 Å². The molecule has 0 bridgehead atoms. The number of halogens is 1. The van der Waals surface area contributed by atoms with Gasteiger partial charge in [0.15, 0.2) is 0 Å². The Bertz CT molecular complexity index is 1160. The first-order chi connectivity index (χ1) is 14.1. The van der Waals surface area contributed by atoms with Gasteiger partial charge in [0.1, 0.15) is 0 Å². The summed E-state index contributed by atoms with van der Waals surface area (Å²) in [5.74, 6) is -0.793. The average molecular weight is 417 g/mol. The summed E-state index contributed by atoms with van der Waals surface area (Å²) >= 11 is 7.25. The summed E-state index contributed by atoms with van der Waals surface area (Å²) < 4.78 is 0. The highest BCUT2D eigenvalue weighted by Crippen LogP contribution is 2.41. The maximum Gasteiger partial charge on any atom is 0.272 e. The minimum Gasteiger partial charge on any atom is -0.268 e. The molecular formula is C23H13ClN2O2S. The standard InChI is InChI=1S/C23H13ClN2O2S/c24-17-10-8-16(9-11-17)20-21(29-19-4-2-1-3-5-19)23(28)26(22(20)27)18-12-6-15(14-25)7-13-18/h1-13H. The van der Waals surface area contributed by atoms with Gasteiger partial charge in [-0.1, -0.05) is 53.7 Å². The van der Waals surface area contributed by atoms with Crippen LogP contribution in [0, 0.1) is 11.3 Å². The van der Waals surface area contributed by atoms with E-state index in [1.165, 1.54) is 11.8 Å². The molecule has 0 fully saturated rings. The zero-order valence-electron chi connectivity index (χ0n) is 15.0. The number of nitrogens with zero attached hydrogens (tertiary/aromatic N) is 2. The quantitative estimate of drug-likeness (QED) is 0.542. The molecule has 0 aliphatic carbocycles. The second kappa shape index (κ2) is 7.96. The van der Waals surface area contributed by atoms with Gasteiger partial charge < -0.3 is 0 Å². The van der Waals surface area contributed by atoms with E-state index in [1.54, 1.807) is 48.5 Å². The Hall–Kier alpha value is -3.33. The highest BCUT2D eigenvalue weighted by atomic mass is 35.5. The fourth-order valence-electron chi connectivity index (χ4n) is 3.00. The lowest BCUT2D eigenvalue weighted by atomic mass is 10.1. The average Bonchev–Trinajstić information content (AvgIpc) is 2.99. The van der Waals surface area contributed by atoms with Crippen LogP contribution >= 0.6 is 23.4 Å². The van der Waals surface area contributed by atoms with Crippen molar-refractivity contribution in [1.29, 1.82) is 5.26 Å². The van der Waals surface area contributed by atoms with Crippen LogP contribution in [0.2, 0.25) is 5.02 Å². The largest absolute Gasteiger partial charge is 0.272 e. The van der Waals surface area contributed by atoms with Crippen molar-refractivity contribution in [2.24, 2.45) is 0 Å². The molecule has 0 aromatic heterocycles. The monoisotopic (exact) mass is 416 g/mol. The Morgan fingerprint density at radius 1 is 0.828 bits per heavy atom. The molecule has 0 N–H and O–H groups in total. The fourth-order valence-corrected chi connectivity index (χ4v) is 4.14. The zero-order chi connectivity index (χ0) is 20.4. The predicted molar refractivity (Wildman–Crippen MR) is 114 cm³/mol. The van der Waals surface area contributed by atoms with E-state index in [4.69, 9.17) is 16.9 Å². The molecule has 1 aliphatic rings. The highest BCUT2D eigenvalue weighted by Gasteiger charge is 2.40. The minimum absolute atomic E-state index is 0.338. The van der Waals surface area contributed by atoms with E-state index in [1.807, 2.05) is 36.4 Å². The molecular weight excluding hydrogens is 404 g/mol. The SMILES string of the molecule is N#Cc1ccc(N2C(=O)C(Sc3ccccc3)=C(c3ccc(Cl)cc3)C2=O)cc1. The van der Waals surface area contributed by atoms with E-state index in [0.717, 1.165) is 9.80 Å². The third kappa shape index (κ3) is 3.68. The van der Waals surface area contributed by atoms with E-state index in [-0.39, 0.29) is 0 Å². The number of carbonyl (C=O) groups excluding carboxylic acids is 2. The molecule has 1 aliphatic heterocycles. The van der Waals surface area contributed by atoms with Gasteiger partial charge in [0.25, 0.3) is 11.8 Å². The number of thioether (sulfide) groups is 1. The van der Waals surface area contributed by atoms with Gasteiger partial charge in [-0.15, -0.1) is 0 Å². The molecule has 4 nitrogen and oxygen atoms in total. The van der Waals surface area contributed by atoms with E-state index in [2.05, 4.69) is 0 Å². The van der Waals surface area contributed by atoms with Gasteiger partial charge in [0, 0.05) is 9.92 Å². The van der Waals surface area contributed by atoms with Crippen LogP contribution in [0.25, 0.3) is 5.57 Å². The van der Waals surface area contributed by atoms with Crippen molar-refractivity contribution in [3.05, 3.63) is 99.9 Å². The van der Waals surface area contributed by atoms with Gasteiger partial charge in [-0.25, -0.2) is 4.90 Å². The molecule has 0 unspecified atom stereocenters. The molecule has 2 amide bonds. The van der Waals surface area contributed by atoms with Crippen LogP contribution in [0.3, 0.4) is 0 Å². The maximum atomic E-state index is 13.3. The van der Waals surface area contributed by atoms with Crippen molar-refractivity contribution in [3.8, 4) is 6.07 Å². The smallest absolute Gasteiger partial charge is 0.268 e. The molecule has 3 aromatic carbocycles. The van der Waals surface area contributed by atoms with Crippen molar-refractivity contribution in [2.75, 3.05) is 4.90 Å². The third-order valence-corrected chi connectivity index (χ3v) is 5.73. The van der Waals surface area contributed by atoms with Crippen LogP contribution in [0.5, 0.6) is 0 Å². The topological polar surface area (TPSA) is 61.2 Å². The lowest BCUT2D eigenvalue weighted by Crippen LogP contribution is -2.31. The summed E-state index contributed by atoms with van der Waals surface area (Å²) in [5, 5.41) is 9.55. The molecule has 0 spiro atoms. The Morgan fingerprint density at radius 2 is 1.48 bits per heavy atom. The number of hydrogen-bond acceptors (Lipinski definition) is 4. The number of benzene rings is 3. The molecule has 1 heterocycles. The highest BCUT2D eigenvalue weighted by molar-refractivity contribution is 8.04. The number of anilines is 1. The van der Waals surface area contributed by atoms with E-state index >= 15 is 0 Å². The van der Waals surface area contributed by atoms with Gasteiger partial charge in [0.2, 0.25) is 0 Å². The van der Waals surface area contributed by atoms with Gasteiger partial charge in [0.05, 0.1) is 27.8 Å². The molecule has 0 saturated carbocycles. The van der Waals surface area contributed by atoms with Crippen LogP contribution in [-0.4, -0.2) is 11.8 Å². The summed E-state index contributed by atoms with van der Waals surface area (Å²) in [6, 6.07) is 24.7. The zero-order valence-corrected chi connectivity index (χ0v) is 16.6. The first kappa shape index (κ1) is 19.0. The van der Waals surface area contributed by atoms with Gasteiger partial charge >= 0.3 is 0 Å². The summed E-state index contributed by atoms with van der Waals surface area (Å²) in [6.45, 7) is 0. The van der Waals surface area contributed by atoms with Crippen LogP contribution in [0.4, 0.5) is 5.69 Å². The Morgan fingerprint density at radius 3 is 2.10 bits per heavy atom. The molecule has 4 rings (SSSR count). The molecule has 6 heteroatoms. The number of hydrogen-bond donors (Lipinski definition) is 0. The van der Waals surface area contributed by atoms with Crippen molar-refractivity contribution < 1.29 is 9.59 Å². The Kier molecular flexibility index (Phi) is 5.22. The van der Waals surface area contributed by atoms with Crippen molar-refractivity contribution in [3.63, 3.8) is 0 Å². The summed E-state index contributed by atoms with van der Waals surface area (Å²) in [7, 11) is 0. The third-order valence-electron chi connectivity index (χ3n) is 4.39. The number of amides is 2. The maximum absolute atomic E-state index is 13.3. The van der Waals surface area contributed by atoms with E-state index < -0.39 is 11.8 Å². The van der Waals surface area contributed by atoms with Crippen molar-refractivity contribution in [1.82, 2.24) is 0 Å². The minimum atomic E-state index is -0.402. The first-order valence-corrected chi connectivity index (χ1v) is 9.90. The second-order valence-corrected chi connectivity index (χ2v) is 7.75. The lowest BCUT2D eigenvalue weighted by molar-refractivity contribution is -0.119. The van der Waals surface area contributed by atoms with Crippen LogP contribution in [0.1, 0.15) is 11.1 Å². The number of nitriles is 1. The van der Waals surface area contributed by atoms with Gasteiger partial charge in [-0.2, -0.15) is 5.26 Å². The molecule has 0 radical (unpaired) electrons. The first-order valence-electron chi connectivity index (χ1n) is 8.70. The van der Waals surface area contributed by atoms with Crippen molar-refractivity contribution in [2.45, 2.75) is 4.90 Å². The summed E-state index contributed by atoms with van der Waals surface area (Å²) in [4.78, 5) is 28.9. The molecule has 0 saturated heterocycles. The molecule has 0 atom stereocenters. The van der Waals surface area contributed by atoms with E-state index in [0.29, 0.717) is 32.3 Å². The number of carbonyl (C=O) groups is 2. The van der Waals surface area contributed by atoms with E-state index in [9.17, 15) is 9.59 Å². The van der Waals surface area contributed by atoms with Gasteiger partial charge in [-0.3, -0.25) is 9.59 Å². The van der Waals surface area contributed by atoms with Crippen LogP contribution in [-0.2, 0) is 9.59 Å². The predicted octanol–water partition coefficient (Wildman–Crippen LogP) is 5.29.